The van der Waals surface area contributed by atoms with Crippen LogP contribution < -0.4 is 19.1 Å². The average molecular weight is 392 g/mol. The summed E-state index contributed by atoms with van der Waals surface area (Å²) in [6, 6.07) is 10.3. The van der Waals surface area contributed by atoms with Crippen molar-refractivity contribution in [3.8, 4) is 11.5 Å². The topological polar surface area (TPSA) is 84.9 Å². The van der Waals surface area contributed by atoms with E-state index in [1.165, 1.54) is 14.2 Å². The summed E-state index contributed by atoms with van der Waals surface area (Å²) in [6.45, 7) is 3.40. The predicted octanol–water partition coefficient (Wildman–Crippen LogP) is 2.73. The van der Waals surface area contributed by atoms with E-state index in [2.05, 4.69) is 5.32 Å². The molecule has 0 aliphatic heterocycles. The minimum Gasteiger partial charge on any atom is -0.497 e. The molecule has 7 nitrogen and oxygen atoms in total. The molecule has 2 rings (SSSR count). The molecule has 0 fully saturated rings. The summed E-state index contributed by atoms with van der Waals surface area (Å²) in [4.78, 5) is 12.5. The number of carbonyl (C=O) groups excluding carboxylic acids is 1. The number of hydrogen-bond acceptors (Lipinski definition) is 5. The Morgan fingerprint density at radius 3 is 2.19 bits per heavy atom. The fraction of sp³-hybridized carbons (Fsp3) is 0.316. The maximum atomic E-state index is 12.5. The van der Waals surface area contributed by atoms with Gasteiger partial charge in [0, 0.05) is 6.07 Å². The molecule has 2 aromatic rings. The van der Waals surface area contributed by atoms with Crippen LogP contribution in [0.1, 0.15) is 11.1 Å². The van der Waals surface area contributed by atoms with Gasteiger partial charge in [0.2, 0.25) is 15.9 Å². The van der Waals surface area contributed by atoms with Gasteiger partial charge in [0.25, 0.3) is 0 Å². The number of aryl methyl sites for hydroxylation is 2. The normalized spacial score (nSPS) is 11.0. The number of carbonyl (C=O) groups is 1. The van der Waals surface area contributed by atoms with E-state index in [1.54, 1.807) is 30.3 Å². The summed E-state index contributed by atoms with van der Waals surface area (Å²) in [6.07, 6.45) is 1.08. The zero-order valence-electron chi connectivity index (χ0n) is 16.1. The summed E-state index contributed by atoms with van der Waals surface area (Å²) in [7, 11) is -0.640. The second-order valence-corrected chi connectivity index (χ2v) is 8.14. The molecule has 0 radical (unpaired) electrons. The monoisotopic (exact) mass is 392 g/mol. The number of benzene rings is 2. The lowest BCUT2D eigenvalue weighted by molar-refractivity contribution is -0.114. The van der Waals surface area contributed by atoms with E-state index in [1.807, 2.05) is 19.9 Å². The highest BCUT2D eigenvalue weighted by molar-refractivity contribution is 7.92. The summed E-state index contributed by atoms with van der Waals surface area (Å²) in [5.41, 5.74) is 2.70. The van der Waals surface area contributed by atoms with Gasteiger partial charge in [-0.15, -0.1) is 0 Å². The molecule has 0 saturated carbocycles. The third-order valence-corrected chi connectivity index (χ3v) is 5.01. The first-order valence-electron chi connectivity index (χ1n) is 8.22. The summed E-state index contributed by atoms with van der Waals surface area (Å²) >= 11 is 0. The molecule has 0 aromatic heterocycles. The molecule has 2 aromatic carbocycles. The molecule has 1 N–H and O–H groups in total. The van der Waals surface area contributed by atoms with Crippen LogP contribution in [0.15, 0.2) is 36.4 Å². The maximum Gasteiger partial charge on any atom is 0.245 e. The molecule has 27 heavy (non-hydrogen) atoms. The predicted molar refractivity (Wildman–Crippen MR) is 106 cm³/mol. The first-order chi connectivity index (χ1) is 12.6. The van der Waals surface area contributed by atoms with Crippen LogP contribution in [-0.4, -0.2) is 41.3 Å². The highest BCUT2D eigenvalue weighted by atomic mass is 32.2. The van der Waals surface area contributed by atoms with Crippen molar-refractivity contribution in [2.45, 2.75) is 13.8 Å². The van der Waals surface area contributed by atoms with Crippen LogP contribution in [0, 0.1) is 13.8 Å². The SMILES string of the molecule is COc1ccc(NC(=O)CN(c2cc(C)cc(C)c2)S(C)(=O)=O)c(OC)c1. The fourth-order valence-electron chi connectivity index (χ4n) is 2.72. The Morgan fingerprint density at radius 2 is 1.67 bits per heavy atom. The molecule has 0 bridgehead atoms. The minimum absolute atomic E-state index is 0.350. The molecule has 0 unspecified atom stereocenters. The first kappa shape index (κ1) is 20.6. The minimum atomic E-state index is -3.64. The Balaban J connectivity index is 2.27. The fourth-order valence-corrected chi connectivity index (χ4v) is 3.56. The van der Waals surface area contributed by atoms with Crippen LogP contribution in [0.2, 0.25) is 0 Å². The van der Waals surface area contributed by atoms with Gasteiger partial charge in [-0.05, 0) is 49.2 Å². The van der Waals surface area contributed by atoms with Gasteiger partial charge in [-0.2, -0.15) is 0 Å². The van der Waals surface area contributed by atoms with E-state index in [4.69, 9.17) is 9.47 Å². The second-order valence-electron chi connectivity index (χ2n) is 6.23. The number of ether oxygens (including phenoxy) is 2. The van der Waals surface area contributed by atoms with E-state index in [0.717, 1.165) is 21.7 Å². The van der Waals surface area contributed by atoms with Crippen LogP contribution in [-0.2, 0) is 14.8 Å². The lowest BCUT2D eigenvalue weighted by Crippen LogP contribution is -2.37. The molecular weight excluding hydrogens is 368 g/mol. The van der Waals surface area contributed by atoms with Crippen molar-refractivity contribution in [2.24, 2.45) is 0 Å². The van der Waals surface area contributed by atoms with Crippen molar-refractivity contribution >= 4 is 27.3 Å². The highest BCUT2D eigenvalue weighted by Gasteiger charge is 2.22. The largest absolute Gasteiger partial charge is 0.497 e. The second kappa shape index (κ2) is 8.30. The van der Waals surface area contributed by atoms with E-state index >= 15 is 0 Å². The van der Waals surface area contributed by atoms with Crippen molar-refractivity contribution in [2.75, 3.05) is 36.6 Å². The molecule has 0 heterocycles. The quantitative estimate of drug-likeness (QED) is 0.783. The number of nitrogens with zero attached hydrogens (tertiary/aromatic N) is 1. The smallest absolute Gasteiger partial charge is 0.245 e. The standard InChI is InChI=1S/C19H24N2O5S/c1-13-8-14(2)10-15(9-13)21(27(5,23)24)12-19(22)20-17-7-6-16(25-3)11-18(17)26-4/h6-11H,12H2,1-5H3,(H,20,22). The van der Waals surface area contributed by atoms with E-state index in [-0.39, 0.29) is 6.54 Å². The third-order valence-electron chi connectivity index (χ3n) is 3.86. The van der Waals surface area contributed by atoms with Crippen LogP contribution in [0.4, 0.5) is 11.4 Å². The van der Waals surface area contributed by atoms with Crippen molar-refractivity contribution in [1.29, 1.82) is 0 Å². The van der Waals surface area contributed by atoms with Gasteiger partial charge in [0.05, 0.1) is 31.9 Å². The van der Waals surface area contributed by atoms with Gasteiger partial charge in [-0.25, -0.2) is 8.42 Å². The number of amides is 1. The Kier molecular flexibility index (Phi) is 6.32. The summed E-state index contributed by atoms with van der Waals surface area (Å²) in [5.74, 6) is 0.515. The zero-order chi connectivity index (χ0) is 20.2. The van der Waals surface area contributed by atoms with E-state index in [9.17, 15) is 13.2 Å². The van der Waals surface area contributed by atoms with Crippen molar-refractivity contribution < 1.29 is 22.7 Å². The Morgan fingerprint density at radius 1 is 1.04 bits per heavy atom. The van der Waals surface area contributed by atoms with Gasteiger partial charge in [-0.3, -0.25) is 9.10 Å². The maximum absolute atomic E-state index is 12.5. The number of anilines is 2. The van der Waals surface area contributed by atoms with E-state index < -0.39 is 15.9 Å². The van der Waals surface area contributed by atoms with E-state index in [0.29, 0.717) is 22.9 Å². The molecule has 0 spiro atoms. The van der Waals surface area contributed by atoms with Crippen LogP contribution in [0.25, 0.3) is 0 Å². The van der Waals surface area contributed by atoms with Gasteiger partial charge in [-0.1, -0.05) is 6.07 Å². The molecule has 0 aliphatic rings. The third kappa shape index (κ3) is 5.37. The highest BCUT2D eigenvalue weighted by Crippen LogP contribution is 2.29. The Bertz CT molecular complexity index is 921. The average Bonchev–Trinajstić information content (AvgIpc) is 2.58. The summed E-state index contributed by atoms with van der Waals surface area (Å²) in [5, 5.41) is 2.69. The number of methoxy groups -OCH3 is 2. The molecule has 0 atom stereocenters. The number of hydrogen-bond donors (Lipinski definition) is 1. The first-order valence-corrected chi connectivity index (χ1v) is 10.1. The number of nitrogens with one attached hydrogen (secondary N) is 1. The van der Waals surface area contributed by atoms with Crippen LogP contribution >= 0.6 is 0 Å². The van der Waals surface area contributed by atoms with Crippen molar-refractivity contribution in [3.63, 3.8) is 0 Å². The van der Waals surface area contributed by atoms with Gasteiger partial charge in [0.15, 0.2) is 0 Å². The van der Waals surface area contributed by atoms with Crippen LogP contribution in [0.3, 0.4) is 0 Å². The molecule has 8 heteroatoms. The molecule has 146 valence electrons. The molecule has 0 aliphatic carbocycles. The van der Waals surface area contributed by atoms with Gasteiger partial charge < -0.3 is 14.8 Å². The van der Waals surface area contributed by atoms with Gasteiger partial charge >= 0.3 is 0 Å². The van der Waals surface area contributed by atoms with Crippen molar-refractivity contribution in [3.05, 3.63) is 47.5 Å². The Hall–Kier alpha value is -2.74. The zero-order valence-corrected chi connectivity index (χ0v) is 16.9. The molecular formula is C19H24N2O5S. The van der Waals surface area contributed by atoms with Gasteiger partial charge in [0.1, 0.15) is 18.0 Å². The summed E-state index contributed by atoms with van der Waals surface area (Å²) < 4.78 is 36.0. The molecule has 0 saturated heterocycles. The molecule has 1 amide bonds. The number of sulfonamides is 1. The number of rotatable bonds is 7. The van der Waals surface area contributed by atoms with Crippen molar-refractivity contribution in [1.82, 2.24) is 0 Å². The van der Waals surface area contributed by atoms with Crippen LogP contribution in [0.5, 0.6) is 11.5 Å². The Labute approximate surface area is 160 Å². The lowest BCUT2D eigenvalue weighted by Gasteiger charge is -2.23. The lowest BCUT2D eigenvalue weighted by atomic mass is 10.1.